The number of aliphatic hydroxyl groups is 1. The normalized spacial score (nSPS) is 12.3. The van der Waals surface area contributed by atoms with Gasteiger partial charge in [-0.3, -0.25) is 9.78 Å². The molecule has 0 saturated heterocycles. The maximum Gasteiger partial charge on any atom is 0.164 e. The quantitative estimate of drug-likeness (QED) is 0.0985. The van der Waals surface area contributed by atoms with Gasteiger partial charge in [-0.1, -0.05) is 75.3 Å². The molecule has 5 heteroatoms. The second kappa shape index (κ2) is 16.2. The van der Waals surface area contributed by atoms with Gasteiger partial charge in [0.15, 0.2) is 5.78 Å². The average molecular weight is 819 g/mol. The molecule has 4 rings (SSSR count). The Bertz CT molecular complexity index is 1680. The van der Waals surface area contributed by atoms with Gasteiger partial charge in [-0.05, 0) is 86.9 Å². The van der Waals surface area contributed by atoms with Crippen LogP contribution < -0.4 is 0 Å². The van der Waals surface area contributed by atoms with Crippen LogP contribution in [0.5, 0.6) is 0 Å². The Morgan fingerprint density at radius 3 is 1.98 bits per heavy atom. The van der Waals surface area contributed by atoms with Crippen molar-refractivity contribution in [2.24, 2.45) is 16.7 Å². The van der Waals surface area contributed by atoms with Crippen molar-refractivity contribution in [3.05, 3.63) is 74.9 Å². The number of aliphatic hydroxyl groups excluding tert-OH is 1. The number of hydrogen-bond acceptors (Lipinski definition) is 4. The van der Waals surface area contributed by atoms with Gasteiger partial charge in [0.25, 0.3) is 0 Å². The number of allylic oxidation sites excluding steroid dienone is 2. The Labute approximate surface area is 296 Å². The second-order valence-corrected chi connectivity index (χ2v) is 15.2. The Morgan fingerprint density at radius 1 is 0.891 bits per heavy atom. The van der Waals surface area contributed by atoms with Crippen molar-refractivity contribution in [3.8, 4) is 11.3 Å². The van der Waals surface area contributed by atoms with Gasteiger partial charge in [0, 0.05) is 57.7 Å². The number of ketones is 1. The van der Waals surface area contributed by atoms with Gasteiger partial charge in [-0.15, -0.1) is 46.2 Å². The maximum absolute atomic E-state index is 12.2. The Morgan fingerprint density at radius 2 is 1.46 bits per heavy atom. The van der Waals surface area contributed by atoms with Gasteiger partial charge in [0.1, 0.15) is 5.76 Å². The summed E-state index contributed by atoms with van der Waals surface area (Å²) >= 11 is 1.93. The smallest absolute Gasteiger partial charge is 0.164 e. The second-order valence-electron chi connectivity index (χ2n) is 14.1. The summed E-state index contributed by atoms with van der Waals surface area (Å²) in [6.45, 7) is 27.6. The molecule has 2 heterocycles. The first kappa shape index (κ1) is 39.8. The first-order valence-corrected chi connectivity index (χ1v) is 17.6. The molecule has 0 aliphatic carbocycles. The third-order valence-electron chi connectivity index (χ3n) is 10.0. The number of carbonyl (C=O) groups excluding carboxylic acids is 1. The van der Waals surface area contributed by atoms with E-state index in [1.165, 1.54) is 54.2 Å². The van der Waals surface area contributed by atoms with Crippen molar-refractivity contribution < 1.29 is 30.0 Å². The fourth-order valence-corrected chi connectivity index (χ4v) is 7.54. The number of fused-ring (bicyclic) bond motifs is 3. The molecule has 0 bridgehead atoms. The molecule has 1 radical (unpaired) electrons. The monoisotopic (exact) mass is 819 g/mol. The average Bonchev–Trinajstić information content (AvgIpc) is 3.29. The Kier molecular flexibility index (Phi) is 14.0. The van der Waals surface area contributed by atoms with Crippen molar-refractivity contribution in [2.45, 2.75) is 122 Å². The van der Waals surface area contributed by atoms with Crippen LogP contribution in [0, 0.1) is 57.4 Å². The summed E-state index contributed by atoms with van der Waals surface area (Å²) in [5.74, 6) is 0.930. The van der Waals surface area contributed by atoms with Gasteiger partial charge in [0.2, 0.25) is 0 Å². The van der Waals surface area contributed by atoms with E-state index in [4.69, 9.17) is 4.98 Å². The van der Waals surface area contributed by atoms with Gasteiger partial charge in [-0.25, -0.2) is 0 Å². The zero-order valence-corrected chi connectivity index (χ0v) is 33.8. The molecule has 2 aromatic carbocycles. The number of hydrogen-bond donors (Lipinski definition) is 1. The first-order valence-electron chi connectivity index (χ1n) is 16.8. The Hall–Kier alpha value is -2.33. The molecule has 0 saturated carbocycles. The molecule has 0 amide bonds. The fraction of sp³-hybridized carbons (Fsp3) is 0.512. The molecule has 0 spiro atoms. The number of thiophene rings is 1. The molecule has 4 aromatic rings. The van der Waals surface area contributed by atoms with Crippen LogP contribution in [0.25, 0.3) is 32.2 Å². The van der Waals surface area contributed by atoms with E-state index in [2.05, 4.69) is 78.8 Å². The van der Waals surface area contributed by atoms with Crippen LogP contribution in [-0.2, 0) is 31.3 Å². The van der Waals surface area contributed by atoms with Crippen molar-refractivity contribution in [1.29, 1.82) is 0 Å². The number of aromatic nitrogens is 1. The molecule has 2 aromatic heterocycles. The Balaban J connectivity index is 0.000000356. The number of benzene rings is 2. The minimum absolute atomic E-state index is 0. The fourth-order valence-electron chi connectivity index (χ4n) is 6.01. The van der Waals surface area contributed by atoms with Crippen LogP contribution in [0.1, 0.15) is 114 Å². The summed E-state index contributed by atoms with van der Waals surface area (Å²) in [6, 6.07) is 12.5. The van der Waals surface area contributed by atoms with Crippen molar-refractivity contribution in [2.75, 3.05) is 0 Å². The zero-order chi connectivity index (χ0) is 33.9. The molecular formula is C41H56IrNO2S-. The van der Waals surface area contributed by atoms with E-state index >= 15 is 0 Å². The first-order chi connectivity index (χ1) is 21.0. The maximum atomic E-state index is 12.2. The van der Waals surface area contributed by atoms with Crippen LogP contribution >= 0.6 is 11.3 Å². The van der Waals surface area contributed by atoms with Crippen LogP contribution in [-0.4, -0.2) is 15.9 Å². The molecule has 253 valence electrons. The molecule has 0 aliphatic heterocycles. The molecule has 46 heavy (non-hydrogen) atoms. The SMILES string of the molecule is CCC(C)(CC)C(=O)/C=C(\O)C(C)(CC)CC.Cc1[c-]c(-c2nc3cc(C)cc(C)c3c3c(C)c(CC(C)C)sc23)cc(C)c1.[Ir]. The van der Waals surface area contributed by atoms with Crippen LogP contribution in [0.4, 0.5) is 0 Å². The van der Waals surface area contributed by atoms with E-state index in [0.29, 0.717) is 5.92 Å². The van der Waals surface area contributed by atoms with Crippen molar-refractivity contribution in [3.63, 3.8) is 0 Å². The minimum atomic E-state index is -0.337. The third kappa shape index (κ3) is 8.57. The molecule has 0 fully saturated rings. The van der Waals surface area contributed by atoms with Crippen LogP contribution in [0.3, 0.4) is 0 Å². The predicted octanol–water partition coefficient (Wildman–Crippen LogP) is 12.3. The largest absolute Gasteiger partial charge is 0.512 e. The summed E-state index contributed by atoms with van der Waals surface area (Å²) in [6.07, 6.45) is 5.87. The zero-order valence-electron chi connectivity index (χ0n) is 30.5. The molecule has 0 unspecified atom stereocenters. The van der Waals surface area contributed by atoms with E-state index in [1.807, 2.05) is 52.9 Å². The number of aryl methyl sites for hydroxylation is 5. The van der Waals surface area contributed by atoms with Gasteiger partial charge in [-0.2, -0.15) is 0 Å². The topological polar surface area (TPSA) is 50.2 Å². The standard InChI is InChI=1S/C26H28NS.C15H28O2.Ir/c1-14(2)8-22-19(7)24-23-18(6)10-17(5)13-21(23)27-25(26(24)28-22)20-11-15(3)9-16(4)12-20;1-7-14(5,8-2)12(16)11-13(17)15(6,9-3)10-4;/h9-11,13-14H,8H2,1-7H3;11,16H,7-10H2,1-6H3;/q-1;;/b;12-11-;. The van der Waals surface area contributed by atoms with Crippen LogP contribution in [0.15, 0.2) is 36.1 Å². The van der Waals surface area contributed by atoms with E-state index in [0.717, 1.165) is 48.9 Å². The molecule has 0 aliphatic rings. The van der Waals surface area contributed by atoms with Crippen molar-refractivity contribution in [1.82, 2.24) is 4.98 Å². The summed E-state index contributed by atoms with van der Waals surface area (Å²) in [5, 5.41) is 12.8. The van der Waals surface area contributed by atoms with E-state index in [9.17, 15) is 9.90 Å². The molecule has 0 atom stereocenters. The summed E-state index contributed by atoms with van der Waals surface area (Å²) in [7, 11) is 0. The molecule has 1 N–H and O–H groups in total. The van der Waals surface area contributed by atoms with Gasteiger partial charge >= 0.3 is 0 Å². The summed E-state index contributed by atoms with van der Waals surface area (Å²) < 4.78 is 1.31. The molecular weight excluding hydrogens is 763 g/mol. The van der Waals surface area contributed by atoms with E-state index < -0.39 is 0 Å². The minimum Gasteiger partial charge on any atom is -0.512 e. The predicted molar refractivity (Wildman–Crippen MR) is 197 cm³/mol. The van der Waals surface area contributed by atoms with Gasteiger partial charge < -0.3 is 5.11 Å². The number of carbonyl (C=O) groups is 1. The van der Waals surface area contributed by atoms with Crippen LogP contribution in [0.2, 0.25) is 0 Å². The van der Waals surface area contributed by atoms with E-state index in [1.54, 1.807) is 0 Å². The number of nitrogens with zero attached hydrogens (tertiary/aromatic N) is 1. The summed E-state index contributed by atoms with van der Waals surface area (Å²) in [5.41, 5.74) is 9.14. The molecule has 3 nitrogen and oxygen atoms in total. The van der Waals surface area contributed by atoms with Crippen molar-refractivity contribution >= 4 is 38.1 Å². The summed E-state index contributed by atoms with van der Waals surface area (Å²) in [4.78, 5) is 18.9. The van der Waals surface area contributed by atoms with E-state index in [-0.39, 0.29) is 42.5 Å². The van der Waals surface area contributed by atoms with Gasteiger partial charge in [0.05, 0.1) is 5.52 Å². The third-order valence-corrected chi connectivity index (χ3v) is 11.3. The number of rotatable bonds is 10. The number of pyridine rings is 1.